The number of rotatable bonds is 3. The normalized spacial score (nSPS) is 12.0. The van der Waals surface area contributed by atoms with Crippen molar-refractivity contribution in [2.24, 2.45) is 0 Å². The molecule has 20 heavy (non-hydrogen) atoms. The van der Waals surface area contributed by atoms with E-state index in [1.165, 1.54) is 29.4 Å². The van der Waals surface area contributed by atoms with Crippen molar-refractivity contribution in [1.29, 1.82) is 0 Å². The van der Waals surface area contributed by atoms with Crippen LogP contribution >= 0.6 is 11.6 Å². The van der Waals surface area contributed by atoms with Gasteiger partial charge in [0, 0.05) is 7.05 Å². The standard InChI is InChI=1S/C14H13ClFN3O/c1-9(10-3-5-11(16)6-4-10)19(2)14(20)12-7-18-13(15)8-17-12/h3-9H,1-2H3. The molecule has 104 valence electrons. The van der Waals surface area contributed by atoms with E-state index in [1.807, 2.05) is 6.92 Å². The van der Waals surface area contributed by atoms with Crippen molar-refractivity contribution in [3.63, 3.8) is 0 Å². The number of amides is 1. The average Bonchev–Trinajstić information content (AvgIpc) is 2.46. The van der Waals surface area contributed by atoms with Crippen LogP contribution in [0, 0.1) is 5.82 Å². The Morgan fingerprint density at radius 1 is 1.25 bits per heavy atom. The van der Waals surface area contributed by atoms with Gasteiger partial charge < -0.3 is 4.90 Å². The first-order chi connectivity index (χ1) is 9.49. The van der Waals surface area contributed by atoms with Gasteiger partial charge in [0.25, 0.3) is 5.91 Å². The van der Waals surface area contributed by atoms with Crippen molar-refractivity contribution in [1.82, 2.24) is 14.9 Å². The molecule has 0 radical (unpaired) electrons. The fourth-order valence-corrected chi connectivity index (χ4v) is 1.84. The van der Waals surface area contributed by atoms with Gasteiger partial charge in [0.15, 0.2) is 0 Å². The van der Waals surface area contributed by atoms with Gasteiger partial charge in [-0.15, -0.1) is 0 Å². The molecule has 1 heterocycles. The predicted molar refractivity (Wildman–Crippen MR) is 74.0 cm³/mol. The molecule has 6 heteroatoms. The summed E-state index contributed by atoms with van der Waals surface area (Å²) in [4.78, 5) is 21.5. The Kier molecular flexibility index (Phi) is 4.29. The Balaban J connectivity index is 2.17. The maximum absolute atomic E-state index is 12.9. The van der Waals surface area contributed by atoms with Crippen LogP contribution in [-0.2, 0) is 0 Å². The number of nitrogens with zero attached hydrogens (tertiary/aromatic N) is 3. The molecule has 0 aliphatic heterocycles. The molecule has 0 N–H and O–H groups in total. The highest BCUT2D eigenvalue weighted by atomic mass is 35.5. The molecule has 1 atom stereocenters. The van der Waals surface area contributed by atoms with Gasteiger partial charge in [0.05, 0.1) is 18.4 Å². The third kappa shape index (κ3) is 3.11. The molecule has 0 bridgehead atoms. The molecular weight excluding hydrogens is 281 g/mol. The molecule has 2 rings (SSSR count). The number of halogens is 2. The second-order valence-corrected chi connectivity index (χ2v) is 4.76. The van der Waals surface area contributed by atoms with Gasteiger partial charge >= 0.3 is 0 Å². The minimum Gasteiger partial charge on any atom is -0.334 e. The van der Waals surface area contributed by atoms with Crippen LogP contribution in [0.4, 0.5) is 4.39 Å². The third-order valence-corrected chi connectivity index (χ3v) is 3.29. The Labute approximate surface area is 121 Å². The quantitative estimate of drug-likeness (QED) is 0.873. The lowest BCUT2D eigenvalue weighted by molar-refractivity contribution is 0.0736. The van der Waals surface area contributed by atoms with Gasteiger partial charge in [-0.25, -0.2) is 14.4 Å². The first-order valence-corrected chi connectivity index (χ1v) is 6.37. The second kappa shape index (κ2) is 5.96. The summed E-state index contributed by atoms with van der Waals surface area (Å²) in [5.41, 5.74) is 1.05. The van der Waals surface area contributed by atoms with E-state index >= 15 is 0 Å². The summed E-state index contributed by atoms with van der Waals surface area (Å²) in [6.07, 6.45) is 2.66. The van der Waals surface area contributed by atoms with E-state index in [2.05, 4.69) is 9.97 Å². The molecule has 1 unspecified atom stereocenters. The van der Waals surface area contributed by atoms with Gasteiger partial charge in [-0.1, -0.05) is 23.7 Å². The molecule has 0 fully saturated rings. The van der Waals surface area contributed by atoms with E-state index in [0.717, 1.165) is 5.56 Å². The predicted octanol–water partition coefficient (Wildman–Crippen LogP) is 3.10. The first-order valence-electron chi connectivity index (χ1n) is 5.99. The van der Waals surface area contributed by atoms with Crippen LogP contribution in [0.15, 0.2) is 36.7 Å². The lowest BCUT2D eigenvalue weighted by Crippen LogP contribution is -2.30. The monoisotopic (exact) mass is 293 g/mol. The fourth-order valence-electron chi connectivity index (χ4n) is 1.74. The molecule has 2 aromatic rings. The Morgan fingerprint density at radius 3 is 2.45 bits per heavy atom. The number of carbonyl (C=O) groups excluding carboxylic acids is 1. The first kappa shape index (κ1) is 14.4. The van der Waals surface area contributed by atoms with Gasteiger partial charge in [0.1, 0.15) is 16.7 Å². The Hall–Kier alpha value is -2.01. The Bertz CT molecular complexity index is 601. The van der Waals surface area contributed by atoms with Crippen LogP contribution in [-0.4, -0.2) is 27.8 Å². The maximum atomic E-state index is 12.9. The highest BCUT2D eigenvalue weighted by molar-refractivity contribution is 6.29. The number of carbonyl (C=O) groups is 1. The van der Waals surface area contributed by atoms with E-state index in [1.54, 1.807) is 19.2 Å². The van der Waals surface area contributed by atoms with Gasteiger partial charge in [0.2, 0.25) is 0 Å². The average molecular weight is 294 g/mol. The summed E-state index contributed by atoms with van der Waals surface area (Å²) in [5.74, 6) is -0.579. The lowest BCUT2D eigenvalue weighted by atomic mass is 10.1. The molecule has 0 aliphatic rings. The number of benzene rings is 1. The molecule has 4 nitrogen and oxygen atoms in total. The molecule has 1 aromatic carbocycles. The van der Waals surface area contributed by atoms with E-state index in [-0.39, 0.29) is 28.6 Å². The van der Waals surface area contributed by atoms with E-state index in [4.69, 9.17) is 11.6 Å². The summed E-state index contributed by atoms with van der Waals surface area (Å²) in [5, 5.41) is 0.232. The highest BCUT2D eigenvalue weighted by Gasteiger charge is 2.20. The van der Waals surface area contributed by atoms with Crippen molar-refractivity contribution >= 4 is 17.5 Å². The van der Waals surface area contributed by atoms with Crippen LogP contribution in [0.5, 0.6) is 0 Å². The molecule has 0 saturated carbocycles. The van der Waals surface area contributed by atoms with E-state index < -0.39 is 0 Å². The largest absolute Gasteiger partial charge is 0.334 e. The van der Waals surface area contributed by atoms with Crippen LogP contribution in [0.3, 0.4) is 0 Å². The Morgan fingerprint density at radius 2 is 1.90 bits per heavy atom. The van der Waals surface area contributed by atoms with Crippen molar-refractivity contribution in [3.8, 4) is 0 Å². The zero-order chi connectivity index (χ0) is 14.7. The molecule has 1 amide bonds. The topological polar surface area (TPSA) is 46.1 Å². The van der Waals surface area contributed by atoms with Crippen molar-refractivity contribution in [2.45, 2.75) is 13.0 Å². The van der Waals surface area contributed by atoms with Crippen molar-refractivity contribution in [2.75, 3.05) is 7.05 Å². The van der Waals surface area contributed by atoms with E-state index in [0.29, 0.717) is 0 Å². The zero-order valence-corrected chi connectivity index (χ0v) is 11.8. The SMILES string of the molecule is CC(c1ccc(F)cc1)N(C)C(=O)c1cnc(Cl)cn1. The molecule has 0 spiro atoms. The van der Waals surface area contributed by atoms with Gasteiger partial charge in [-0.05, 0) is 24.6 Å². The number of hydrogen-bond donors (Lipinski definition) is 0. The summed E-state index contributed by atoms with van der Waals surface area (Å²) in [7, 11) is 1.66. The molecular formula is C14H13ClFN3O. The summed E-state index contributed by atoms with van der Waals surface area (Å²) in [6, 6.07) is 5.83. The smallest absolute Gasteiger partial charge is 0.274 e. The van der Waals surface area contributed by atoms with E-state index in [9.17, 15) is 9.18 Å². The van der Waals surface area contributed by atoms with Crippen LogP contribution < -0.4 is 0 Å². The van der Waals surface area contributed by atoms with Gasteiger partial charge in [-0.3, -0.25) is 4.79 Å². The third-order valence-electron chi connectivity index (χ3n) is 3.09. The second-order valence-electron chi connectivity index (χ2n) is 4.37. The van der Waals surface area contributed by atoms with Crippen molar-refractivity contribution < 1.29 is 9.18 Å². The fraction of sp³-hybridized carbons (Fsp3) is 0.214. The van der Waals surface area contributed by atoms with Crippen LogP contribution in [0.25, 0.3) is 0 Å². The number of hydrogen-bond acceptors (Lipinski definition) is 3. The molecule has 1 aromatic heterocycles. The summed E-state index contributed by atoms with van der Waals surface area (Å²) in [6.45, 7) is 1.86. The summed E-state index contributed by atoms with van der Waals surface area (Å²) < 4.78 is 12.9. The van der Waals surface area contributed by atoms with Gasteiger partial charge in [-0.2, -0.15) is 0 Å². The van der Waals surface area contributed by atoms with Crippen LogP contribution in [0.2, 0.25) is 5.15 Å². The summed E-state index contributed by atoms with van der Waals surface area (Å²) >= 11 is 5.64. The zero-order valence-electron chi connectivity index (χ0n) is 11.0. The number of aromatic nitrogens is 2. The minimum absolute atomic E-state index is 0.208. The molecule has 0 saturated heterocycles. The molecule has 0 aliphatic carbocycles. The minimum atomic E-state index is -0.307. The highest BCUT2D eigenvalue weighted by Crippen LogP contribution is 2.20. The van der Waals surface area contributed by atoms with Crippen LogP contribution in [0.1, 0.15) is 29.0 Å². The van der Waals surface area contributed by atoms with Crippen molar-refractivity contribution in [3.05, 3.63) is 58.9 Å². The lowest BCUT2D eigenvalue weighted by Gasteiger charge is -2.24. The maximum Gasteiger partial charge on any atom is 0.274 e.